The standard InChI is InChI=1S/C17H15BrClFN2O4/c1-10-6-11(19)2-4-14(10)25-8-16(23)21-22-17(24)9-26-15-5-3-12(20)7-13(15)18/h2-7H,8-9H2,1H3,(H,21,23)(H,22,24). The molecule has 0 atom stereocenters. The van der Waals surface area contributed by atoms with Crippen LogP contribution in [0.2, 0.25) is 5.02 Å². The summed E-state index contributed by atoms with van der Waals surface area (Å²) in [5, 5.41) is 0.569. The predicted molar refractivity (Wildman–Crippen MR) is 97.6 cm³/mol. The zero-order chi connectivity index (χ0) is 19.1. The van der Waals surface area contributed by atoms with Crippen molar-refractivity contribution in [2.24, 2.45) is 0 Å². The van der Waals surface area contributed by atoms with E-state index in [-0.39, 0.29) is 13.2 Å². The number of hydrogen-bond acceptors (Lipinski definition) is 4. The first-order valence-electron chi connectivity index (χ1n) is 7.39. The maximum Gasteiger partial charge on any atom is 0.276 e. The maximum atomic E-state index is 13.0. The quantitative estimate of drug-likeness (QED) is 0.670. The van der Waals surface area contributed by atoms with E-state index in [9.17, 15) is 14.0 Å². The van der Waals surface area contributed by atoms with Crippen LogP contribution in [0.25, 0.3) is 0 Å². The number of benzene rings is 2. The van der Waals surface area contributed by atoms with Gasteiger partial charge >= 0.3 is 0 Å². The van der Waals surface area contributed by atoms with E-state index >= 15 is 0 Å². The summed E-state index contributed by atoms with van der Waals surface area (Å²) < 4.78 is 23.9. The molecule has 2 rings (SSSR count). The Bertz CT molecular complexity index is 752. The SMILES string of the molecule is Cc1cc(Cl)ccc1OCC(=O)NNC(=O)COc1ccc(F)cc1Br. The van der Waals surface area contributed by atoms with Crippen LogP contribution in [0.3, 0.4) is 0 Å². The van der Waals surface area contributed by atoms with Crippen LogP contribution in [0.5, 0.6) is 11.5 Å². The minimum atomic E-state index is -0.586. The van der Waals surface area contributed by atoms with Gasteiger partial charge in [0, 0.05) is 5.02 Å². The van der Waals surface area contributed by atoms with Gasteiger partial charge in [-0.2, -0.15) is 0 Å². The van der Waals surface area contributed by atoms with E-state index in [1.165, 1.54) is 18.2 Å². The third kappa shape index (κ3) is 6.20. The maximum absolute atomic E-state index is 13.0. The van der Waals surface area contributed by atoms with E-state index in [1.54, 1.807) is 25.1 Å². The van der Waals surface area contributed by atoms with E-state index in [1.807, 2.05) is 0 Å². The molecule has 0 saturated carbocycles. The van der Waals surface area contributed by atoms with E-state index < -0.39 is 17.6 Å². The van der Waals surface area contributed by atoms with Gasteiger partial charge in [-0.1, -0.05) is 11.6 Å². The lowest BCUT2D eigenvalue weighted by molar-refractivity contribution is -0.131. The summed E-state index contributed by atoms with van der Waals surface area (Å²) >= 11 is 8.96. The molecule has 0 aromatic heterocycles. The van der Waals surface area contributed by atoms with Crippen LogP contribution in [0.4, 0.5) is 4.39 Å². The Morgan fingerprint density at radius 2 is 1.62 bits per heavy atom. The zero-order valence-corrected chi connectivity index (χ0v) is 16.0. The van der Waals surface area contributed by atoms with E-state index in [4.69, 9.17) is 21.1 Å². The van der Waals surface area contributed by atoms with Crippen LogP contribution in [0, 0.1) is 12.7 Å². The first-order valence-corrected chi connectivity index (χ1v) is 8.56. The smallest absolute Gasteiger partial charge is 0.276 e. The van der Waals surface area contributed by atoms with Crippen molar-refractivity contribution in [3.05, 3.63) is 57.3 Å². The lowest BCUT2D eigenvalue weighted by atomic mass is 10.2. The summed E-state index contributed by atoms with van der Waals surface area (Å²) in [5.74, 6) is -0.750. The summed E-state index contributed by atoms with van der Waals surface area (Å²) in [7, 11) is 0. The summed E-state index contributed by atoms with van der Waals surface area (Å²) in [6.07, 6.45) is 0. The normalized spacial score (nSPS) is 10.2. The lowest BCUT2D eigenvalue weighted by Crippen LogP contribution is -2.45. The highest BCUT2D eigenvalue weighted by molar-refractivity contribution is 9.10. The van der Waals surface area contributed by atoms with Crippen molar-refractivity contribution in [2.75, 3.05) is 13.2 Å². The highest BCUT2D eigenvalue weighted by Crippen LogP contribution is 2.25. The van der Waals surface area contributed by atoms with Crippen LogP contribution in [-0.4, -0.2) is 25.0 Å². The minimum Gasteiger partial charge on any atom is -0.483 e. The van der Waals surface area contributed by atoms with Gasteiger partial charge in [-0.05, 0) is 64.8 Å². The molecule has 6 nitrogen and oxygen atoms in total. The summed E-state index contributed by atoms with van der Waals surface area (Å²) in [5.41, 5.74) is 5.18. The number of hydrazine groups is 1. The summed E-state index contributed by atoms with van der Waals surface area (Å²) in [6.45, 7) is 1.15. The Balaban J connectivity index is 1.72. The Morgan fingerprint density at radius 3 is 2.19 bits per heavy atom. The molecule has 0 heterocycles. The third-order valence-corrected chi connectivity index (χ3v) is 3.94. The van der Waals surface area contributed by atoms with Crippen molar-refractivity contribution in [2.45, 2.75) is 6.92 Å². The van der Waals surface area contributed by atoms with Crippen molar-refractivity contribution in [1.29, 1.82) is 0 Å². The first kappa shape index (κ1) is 20.0. The lowest BCUT2D eigenvalue weighted by Gasteiger charge is -2.11. The average molecular weight is 446 g/mol. The molecule has 0 aliphatic rings. The first-order chi connectivity index (χ1) is 12.3. The van der Waals surface area contributed by atoms with Crippen LogP contribution in [0.15, 0.2) is 40.9 Å². The van der Waals surface area contributed by atoms with Crippen LogP contribution < -0.4 is 20.3 Å². The zero-order valence-electron chi connectivity index (χ0n) is 13.6. The van der Waals surface area contributed by atoms with Crippen LogP contribution >= 0.6 is 27.5 Å². The Kier molecular flexibility index (Phi) is 7.23. The molecule has 0 bridgehead atoms. The van der Waals surface area contributed by atoms with Crippen molar-refractivity contribution >= 4 is 39.3 Å². The van der Waals surface area contributed by atoms with Gasteiger partial charge in [-0.15, -0.1) is 0 Å². The predicted octanol–water partition coefficient (Wildman–Crippen LogP) is 3.16. The van der Waals surface area contributed by atoms with Gasteiger partial charge in [-0.25, -0.2) is 4.39 Å². The fourth-order valence-corrected chi connectivity index (χ4v) is 2.56. The largest absolute Gasteiger partial charge is 0.483 e. The summed E-state index contributed by atoms with van der Waals surface area (Å²) in [6, 6.07) is 8.81. The fraction of sp³-hybridized carbons (Fsp3) is 0.176. The van der Waals surface area contributed by atoms with Gasteiger partial charge < -0.3 is 9.47 Å². The Morgan fingerprint density at radius 1 is 1.04 bits per heavy atom. The van der Waals surface area contributed by atoms with Crippen molar-refractivity contribution in [1.82, 2.24) is 10.9 Å². The second-order valence-corrected chi connectivity index (χ2v) is 6.45. The number of halogens is 3. The molecular weight excluding hydrogens is 431 g/mol. The number of carbonyl (C=O) groups is 2. The number of nitrogens with one attached hydrogen (secondary N) is 2. The topological polar surface area (TPSA) is 76.7 Å². The van der Waals surface area contributed by atoms with Crippen LogP contribution in [0.1, 0.15) is 5.56 Å². The Labute approximate surface area is 162 Å². The van der Waals surface area contributed by atoms with E-state index in [2.05, 4.69) is 26.8 Å². The number of rotatable bonds is 6. The molecule has 138 valence electrons. The second-order valence-electron chi connectivity index (χ2n) is 5.16. The molecule has 0 radical (unpaired) electrons. The van der Waals surface area contributed by atoms with Gasteiger partial charge in [0.2, 0.25) is 0 Å². The minimum absolute atomic E-state index is 0.285. The Hall–Kier alpha value is -2.32. The average Bonchev–Trinajstić information content (AvgIpc) is 2.58. The van der Waals surface area contributed by atoms with E-state index in [0.29, 0.717) is 21.0 Å². The van der Waals surface area contributed by atoms with Gasteiger partial charge in [0.15, 0.2) is 13.2 Å². The molecule has 0 aliphatic carbocycles. The third-order valence-electron chi connectivity index (χ3n) is 3.09. The van der Waals surface area contributed by atoms with Gasteiger partial charge in [0.05, 0.1) is 4.47 Å². The van der Waals surface area contributed by atoms with Gasteiger partial charge in [-0.3, -0.25) is 20.4 Å². The molecule has 26 heavy (non-hydrogen) atoms. The van der Waals surface area contributed by atoms with Gasteiger partial charge in [0.25, 0.3) is 11.8 Å². The molecule has 0 aliphatic heterocycles. The molecule has 2 aromatic carbocycles. The van der Waals surface area contributed by atoms with Crippen molar-refractivity contribution < 1.29 is 23.5 Å². The number of aryl methyl sites for hydroxylation is 1. The van der Waals surface area contributed by atoms with E-state index in [0.717, 1.165) is 5.56 Å². The molecular formula is C17H15BrClFN2O4. The number of amides is 2. The fourth-order valence-electron chi connectivity index (χ4n) is 1.87. The summed E-state index contributed by atoms with van der Waals surface area (Å²) in [4.78, 5) is 23.4. The van der Waals surface area contributed by atoms with Gasteiger partial charge in [0.1, 0.15) is 17.3 Å². The highest BCUT2D eigenvalue weighted by Gasteiger charge is 2.09. The molecule has 0 fully saturated rings. The molecule has 0 saturated heterocycles. The molecule has 2 N–H and O–H groups in total. The number of hydrogen-bond donors (Lipinski definition) is 2. The second kappa shape index (κ2) is 9.40. The van der Waals surface area contributed by atoms with Crippen molar-refractivity contribution in [3.8, 4) is 11.5 Å². The number of carbonyl (C=O) groups excluding carboxylic acids is 2. The molecule has 2 amide bonds. The van der Waals surface area contributed by atoms with Crippen LogP contribution in [-0.2, 0) is 9.59 Å². The molecule has 9 heteroatoms. The molecule has 0 spiro atoms. The van der Waals surface area contributed by atoms with Crippen molar-refractivity contribution in [3.63, 3.8) is 0 Å². The molecule has 0 unspecified atom stereocenters. The molecule has 2 aromatic rings. The highest BCUT2D eigenvalue weighted by atomic mass is 79.9. The number of ether oxygens (including phenoxy) is 2. The monoisotopic (exact) mass is 444 g/mol.